The second-order valence-electron chi connectivity index (χ2n) is 4.19. The van der Waals surface area contributed by atoms with Crippen molar-refractivity contribution in [3.05, 3.63) is 23.9 Å². The molecule has 15 heavy (non-hydrogen) atoms. The first-order valence-electron chi connectivity index (χ1n) is 5.61. The summed E-state index contributed by atoms with van der Waals surface area (Å²) >= 11 is 1.89. The van der Waals surface area contributed by atoms with Crippen molar-refractivity contribution in [2.75, 3.05) is 18.8 Å². The number of nitrogens with one attached hydrogen (secondary N) is 1. The van der Waals surface area contributed by atoms with Gasteiger partial charge < -0.3 is 5.32 Å². The number of hydrogen-bond donors (Lipinski definition) is 1. The average molecular weight is 222 g/mol. The molecule has 0 unspecified atom stereocenters. The van der Waals surface area contributed by atoms with Crippen LogP contribution in [0, 0.1) is 12.8 Å². The van der Waals surface area contributed by atoms with E-state index in [1.165, 1.54) is 42.3 Å². The first-order valence-corrected chi connectivity index (χ1v) is 6.59. The zero-order chi connectivity index (χ0) is 10.5. The van der Waals surface area contributed by atoms with Gasteiger partial charge in [-0.05, 0) is 56.5 Å². The van der Waals surface area contributed by atoms with Crippen molar-refractivity contribution >= 4 is 11.8 Å². The van der Waals surface area contributed by atoms with Crippen LogP contribution < -0.4 is 5.32 Å². The van der Waals surface area contributed by atoms with E-state index in [1.807, 2.05) is 24.0 Å². The molecule has 0 amide bonds. The van der Waals surface area contributed by atoms with Gasteiger partial charge in [-0.2, -0.15) is 0 Å². The van der Waals surface area contributed by atoms with Crippen LogP contribution in [0.4, 0.5) is 0 Å². The Morgan fingerprint density at radius 1 is 1.60 bits per heavy atom. The molecule has 0 spiro atoms. The fraction of sp³-hybridized carbons (Fsp3) is 0.583. The summed E-state index contributed by atoms with van der Waals surface area (Å²) in [6, 6.07) is 4.22. The third-order valence-corrected chi connectivity index (χ3v) is 3.91. The molecule has 3 heteroatoms. The number of rotatable bonds is 3. The number of aromatic nitrogens is 1. The lowest BCUT2D eigenvalue weighted by molar-refractivity contribution is 0.410. The SMILES string of the molecule is Cc1ccnc(SC[C@H]2CCCNC2)c1. The maximum Gasteiger partial charge on any atom is 0.0962 e. The summed E-state index contributed by atoms with van der Waals surface area (Å²) in [5, 5.41) is 4.62. The second kappa shape index (κ2) is 5.52. The smallest absolute Gasteiger partial charge is 0.0962 e. The highest BCUT2D eigenvalue weighted by atomic mass is 32.2. The Kier molecular flexibility index (Phi) is 4.03. The molecular formula is C12H18N2S. The van der Waals surface area contributed by atoms with Crippen molar-refractivity contribution in [1.82, 2.24) is 10.3 Å². The lowest BCUT2D eigenvalue weighted by atomic mass is 10.0. The molecule has 0 radical (unpaired) electrons. The Morgan fingerprint density at radius 2 is 2.53 bits per heavy atom. The van der Waals surface area contributed by atoms with Crippen molar-refractivity contribution in [3.63, 3.8) is 0 Å². The normalized spacial score (nSPS) is 21.5. The molecule has 1 aliphatic rings. The summed E-state index contributed by atoms with van der Waals surface area (Å²) in [6.07, 6.45) is 4.59. The van der Waals surface area contributed by atoms with Crippen LogP contribution in [0.5, 0.6) is 0 Å². The quantitative estimate of drug-likeness (QED) is 0.795. The third kappa shape index (κ3) is 3.50. The van der Waals surface area contributed by atoms with E-state index in [9.17, 15) is 0 Å². The molecule has 2 heterocycles. The van der Waals surface area contributed by atoms with Gasteiger partial charge in [0.1, 0.15) is 0 Å². The highest BCUT2D eigenvalue weighted by Gasteiger charge is 2.13. The second-order valence-corrected chi connectivity index (χ2v) is 5.24. The van der Waals surface area contributed by atoms with Gasteiger partial charge in [0.2, 0.25) is 0 Å². The zero-order valence-corrected chi connectivity index (χ0v) is 10.0. The van der Waals surface area contributed by atoms with Crippen LogP contribution in [0.2, 0.25) is 0 Å². The summed E-state index contributed by atoms with van der Waals surface area (Å²) in [4.78, 5) is 4.37. The minimum absolute atomic E-state index is 0.825. The fourth-order valence-electron chi connectivity index (χ4n) is 1.86. The molecule has 0 aromatic carbocycles. The van der Waals surface area contributed by atoms with E-state index in [0.29, 0.717) is 0 Å². The lowest BCUT2D eigenvalue weighted by Gasteiger charge is -2.21. The van der Waals surface area contributed by atoms with Gasteiger partial charge in [-0.15, -0.1) is 11.8 Å². The Bertz CT molecular complexity index is 308. The van der Waals surface area contributed by atoms with Crippen molar-refractivity contribution in [1.29, 1.82) is 0 Å². The van der Waals surface area contributed by atoms with Crippen molar-refractivity contribution < 1.29 is 0 Å². The van der Waals surface area contributed by atoms with E-state index >= 15 is 0 Å². The zero-order valence-electron chi connectivity index (χ0n) is 9.20. The standard InChI is InChI=1S/C12H18N2S/c1-10-4-6-14-12(7-10)15-9-11-3-2-5-13-8-11/h4,6-7,11,13H,2-3,5,8-9H2,1H3/t11-/m0/s1. The van der Waals surface area contributed by atoms with Crippen molar-refractivity contribution in [2.45, 2.75) is 24.8 Å². The molecule has 0 aliphatic carbocycles. The molecule has 0 bridgehead atoms. The van der Waals surface area contributed by atoms with Gasteiger partial charge in [-0.25, -0.2) is 4.98 Å². The van der Waals surface area contributed by atoms with Crippen LogP contribution in [0.15, 0.2) is 23.4 Å². The fourth-order valence-corrected chi connectivity index (χ4v) is 2.95. The van der Waals surface area contributed by atoms with Crippen LogP contribution in [0.1, 0.15) is 18.4 Å². The van der Waals surface area contributed by atoms with Crippen LogP contribution >= 0.6 is 11.8 Å². The van der Waals surface area contributed by atoms with Gasteiger partial charge in [-0.1, -0.05) is 0 Å². The predicted molar refractivity (Wildman–Crippen MR) is 65.3 cm³/mol. The molecule has 1 fully saturated rings. The van der Waals surface area contributed by atoms with E-state index in [1.54, 1.807) is 0 Å². The van der Waals surface area contributed by atoms with Gasteiger partial charge in [0.25, 0.3) is 0 Å². The number of nitrogens with zero attached hydrogens (tertiary/aromatic N) is 1. The summed E-state index contributed by atoms with van der Waals surface area (Å²) < 4.78 is 0. The summed E-state index contributed by atoms with van der Waals surface area (Å²) in [5.74, 6) is 2.02. The molecule has 1 aromatic heterocycles. The summed E-state index contributed by atoms with van der Waals surface area (Å²) in [5.41, 5.74) is 1.30. The molecule has 82 valence electrons. The molecule has 1 aromatic rings. The van der Waals surface area contributed by atoms with E-state index in [0.717, 1.165) is 5.92 Å². The number of hydrogen-bond acceptors (Lipinski definition) is 3. The highest BCUT2D eigenvalue weighted by molar-refractivity contribution is 7.99. The maximum absolute atomic E-state index is 4.37. The van der Waals surface area contributed by atoms with E-state index in [4.69, 9.17) is 0 Å². The number of pyridine rings is 1. The van der Waals surface area contributed by atoms with Gasteiger partial charge in [0, 0.05) is 11.9 Å². The number of piperidine rings is 1. The van der Waals surface area contributed by atoms with E-state index in [-0.39, 0.29) is 0 Å². The summed E-state index contributed by atoms with van der Waals surface area (Å²) in [6.45, 7) is 4.50. The Morgan fingerprint density at radius 3 is 3.27 bits per heavy atom. The van der Waals surface area contributed by atoms with Gasteiger partial charge in [0.15, 0.2) is 0 Å². The predicted octanol–water partition coefficient (Wildman–Crippen LogP) is 2.48. The molecular weight excluding hydrogens is 204 g/mol. The van der Waals surface area contributed by atoms with E-state index in [2.05, 4.69) is 23.3 Å². The Balaban J connectivity index is 1.81. The Labute approximate surface area is 95.9 Å². The van der Waals surface area contributed by atoms with Crippen LogP contribution in [-0.4, -0.2) is 23.8 Å². The molecule has 2 rings (SSSR count). The first-order chi connectivity index (χ1) is 7.34. The minimum atomic E-state index is 0.825. The van der Waals surface area contributed by atoms with Crippen molar-refractivity contribution in [3.8, 4) is 0 Å². The number of thioether (sulfide) groups is 1. The lowest BCUT2D eigenvalue weighted by Crippen LogP contribution is -2.30. The van der Waals surface area contributed by atoms with E-state index < -0.39 is 0 Å². The summed E-state index contributed by atoms with van der Waals surface area (Å²) in [7, 11) is 0. The first kappa shape index (κ1) is 11.0. The van der Waals surface area contributed by atoms with Crippen LogP contribution in [0.25, 0.3) is 0 Å². The Hall–Kier alpha value is -0.540. The third-order valence-electron chi connectivity index (χ3n) is 2.76. The minimum Gasteiger partial charge on any atom is -0.316 e. The van der Waals surface area contributed by atoms with Crippen molar-refractivity contribution in [2.24, 2.45) is 5.92 Å². The van der Waals surface area contributed by atoms with Gasteiger partial charge in [0.05, 0.1) is 5.03 Å². The highest BCUT2D eigenvalue weighted by Crippen LogP contribution is 2.22. The van der Waals surface area contributed by atoms with Crippen LogP contribution in [-0.2, 0) is 0 Å². The molecule has 1 aliphatic heterocycles. The molecule has 2 nitrogen and oxygen atoms in total. The topological polar surface area (TPSA) is 24.9 Å². The van der Waals surface area contributed by atoms with Crippen LogP contribution in [0.3, 0.4) is 0 Å². The van der Waals surface area contributed by atoms with Gasteiger partial charge >= 0.3 is 0 Å². The van der Waals surface area contributed by atoms with Gasteiger partial charge in [-0.3, -0.25) is 0 Å². The molecule has 1 N–H and O–H groups in total. The molecule has 1 atom stereocenters. The number of aryl methyl sites for hydroxylation is 1. The largest absolute Gasteiger partial charge is 0.316 e. The monoisotopic (exact) mass is 222 g/mol. The maximum atomic E-state index is 4.37. The average Bonchev–Trinajstić information content (AvgIpc) is 2.28. The molecule has 1 saturated heterocycles. The molecule has 0 saturated carbocycles.